The van der Waals surface area contributed by atoms with E-state index in [0.29, 0.717) is 34.4 Å². The van der Waals surface area contributed by atoms with Gasteiger partial charge in [0.15, 0.2) is 19.3 Å². The van der Waals surface area contributed by atoms with Crippen LogP contribution >= 0.6 is 0 Å². The summed E-state index contributed by atoms with van der Waals surface area (Å²) < 4.78 is 32.8. The van der Waals surface area contributed by atoms with Crippen LogP contribution in [0, 0.1) is 0 Å². The van der Waals surface area contributed by atoms with E-state index < -0.39 is 24.4 Å². The average Bonchev–Trinajstić information content (AvgIpc) is 3.40. The van der Waals surface area contributed by atoms with E-state index >= 15 is 0 Å². The third kappa shape index (κ3) is 4.10. The van der Waals surface area contributed by atoms with Crippen LogP contribution in [0.5, 0.6) is 5.75 Å². The predicted molar refractivity (Wildman–Crippen MR) is 122 cm³/mol. The van der Waals surface area contributed by atoms with Gasteiger partial charge in [0.2, 0.25) is 0 Å². The Morgan fingerprint density at radius 3 is 2.67 bits per heavy atom. The van der Waals surface area contributed by atoms with Gasteiger partial charge in [-0.3, -0.25) is 9.69 Å². The SMILES string of the molecule is [B]C(O)(O)N(C)C1CC(c2c(C=O)cccc2OC(F)F)c2c1nn1ccc(-c3cncnc3)nc21. The van der Waals surface area contributed by atoms with Crippen molar-refractivity contribution < 1.29 is 28.5 Å². The molecule has 0 bridgehead atoms. The number of carbonyl (C=O) groups excluding carboxylic acids is 1. The molecule has 4 aromatic rings. The number of alkyl halides is 2. The van der Waals surface area contributed by atoms with Crippen LogP contribution in [0.3, 0.4) is 0 Å². The third-order valence-electron chi connectivity index (χ3n) is 6.31. The maximum absolute atomic E-state index is 13.3. The van der Waals surface area contributed by atoms with Crippen LogP contribution in [0.2, 0.25) is 0 Å². The van der Waals surface area contributed by atoms with E-state index in [1.165, 1.54) is 36.1 Å². The minimum absolute atomic E-state index is 0.134. The molecule has 3 aromatic heterocycles. The van der Waals surface area contributed by atoms with Crippen LogP contribution in [0.4, 0.5) is 8.78 Å². The molecule has 0 saturated carbocycles. The molecule has 3 heterocycles. The molecule has 2 unspecified atom stereocenters. The van der Waals surface area contributed by atoms with Crippen molar-refractivity contribution in [2.24, 2.45) is 0 Å². The lowest BCUT2D eigenvalue weighted by atomic mass is 9.89. The standard InChI is InChI=1S/C23H19BF2N6O4/c1-31(23(24,34)35)16-7-14(18-12(10-33)3-2-4-17(18)36-22(25)26)19-20(16)30-32-6-5-15(29-21(19)32)13-8-27-11-28-9-13/h2-6,8-11,14,16,22,34-35H,7H2,1H3. The van der Waals surface area contributed by atoms with E-state index in [-0.39, 0.29) is 23.3 Å². The van der Waals surface area contributed by atoms with Crippen molar-refractivity contribution in [2.45, 2.75) is 30.8 Å². The molecule has 36 heavy (non-hydrogen) atoms. The molecule has 1 aliphatic rings. The Hall–Kier alpha value is -3.81. The third-order valence-corrected chi connectivity index (χ3v) is 6.31. The van der Waals surface area contributed by atoms with Crippen LogP contribution in [0.25, 0.3) is 16.9 Å². The van der Waals surface area contributed by atoms with Gasteiger partial charge in [-0.15, -0.1) is 0 Å². The Bertz CT molecular complexity index is 1430. The fraction of sp³-hybridized carbons (Fsp3) is 0.261. The quantitative estimate of drug-likeness (QED) is 0.226. The maximum Gasteiger partial charge on any atom is 0.387 e. The van der Waals surface area contributed by atoms with Gasteiger partial charge in [0.05, 0.1) is 17.4 Å². The first kappa shape index (κ1) is 23.9. The highest BCUT2D eigenvalue weighted by molar-refractivity contribution is 6.12. The number of hydrogen-bond donors (Lipinski definition) is 2. The molecular formula is C23H19BF2N6O4. The molecule has 10 nitrogen and oxygen atoms in total. The number of aldehydes is 1. The maximum atomic E-state index is 13.3. The van der Waals surface area contributed by atoms with Gasteiger partial charge in [0.25, 0.3) is 0 Å². The van der Waals surface area contributed by atoms with Gasteiger partial charge in [-0.2, -0.15) is 13.9 Å². The van der Waals surface area contributed by atoms with Crippen LogP contribution in [-0.2, 0) is 0 Å². The molecule has 0 amide bonds. The largest absolute Gasteiger partial charge is 0.434 e. The minimum Gasteiger partial charge on any atom is -0.434 e. The Kier molecular flexibility index (Phi) is 5.98. The lowest BCUT2D eigenvalue weighted by molar-refractivity contribution is -0.202. The Balaban J connectivity index is 1.75. The molecule has 2 N–H and O–H groups in total. The predicted octanol–water partition coefficient (Wildman–Crippen LogP) is 1.87. The molecule has 0 saturated heterocycles. The van der Waals surface area contributed by atoms with Crippen LogP contribution < -0.4 is 4.74 Å². The van der Waals surface area contributed by atoms with Gasteiger partial charge in [-0.25, -0.2) is 19.5 Å². The minimum atomic E-state index is -3.12. The Morgan fingerprint density at radius 1 is 1.25 bits per heavy atom. The number of aromatic nitrogens is 5. The highest BCUT2D eigenvalue weighted by atomic mass is 19.3. The molecule has 13 heteroatoms. The second-order valence-corrected chi connectivity index (χ2v) is 8.36. The van der Waals surface area contributed by atoms with Gasteiger partial charge >= 0.3 is 6.61 Å². The molecule has 1 aliphatic carbocycles. The summed E-state index contributed by atoms with van der Waals surface area (Å²) in [5.74, 6) is -3.58. The van der Waals surface area contributed by atoms with Gasteiger partial charge < -0.3 is 14.9 Å². The summed E-state index contributed by atoms with van der Waals surface area (Å²) in [6.07, 6.45) is 6.92. The zero-order valence-electron chi connectivity index (χ0n) is 18.9. The number of ether oxygens (including phenoxy) is 1. The highest BCUT2D eigenvalue weighted by Crippen LogP contribution is 2.51. The van der Waals surface area contributed by atoms with E-state index in [1.807, 2.05) is 0 Å². The molecule has 0 fully saturated rings. The van der Waals surface area contributed by atoms with E-state index in [0.717, 1.165) is 4.90 Å². The molecule has 182 valence electrons. The smallest absolute Gasteiger partial charge is 0.387 e. The summed E-state index contributed by atoms with van der Waals surface area (Å²) >= 11 is 0. The number of hydrogen-bond acceptors (Lipinski definition) is 9. The molecule has 0 spiro atoms. The monoisotopic (exact) mass is 492 g/mol. The topological polar surface area (TPSA) is 126 Å². The van der Waals surface area contributed by atoms with Crippen molar-refractivity contribution >= 4 is 19.8 Å². The van der Waals surface area contributed by atoms with E-state index in [1.54, 1.807) is 24.7 Å². The van der Waals surface area contributed by atoms with Crippen molar-refractivity contribution in [1.82, 2.24) is 29.5 Å². The first-order valence-corrected chi connectivity index (χ1v) is 10.8. The number of halogens is 2. The number of benzene rings is 1. The zero-order valence-corrected chi connectivity index (χ0v) is 18.9. The number of nitrogens with zero attached hydrogens (tertiary/aromatic N) is 6. The second kappa shape index (κ2) is 9.01. The zero-order chi connectivity index (χ0) is 25.6. The summed E-state index contributed by atoms with van der Waals surface area (Å²) in [5, 5.41) is 24.8. The number of carbonyl (C=O) groups is 1. The van der Waals surface area contributed by atoms with Crippen LogP contribution in [0.15, 0.2) is 49.2 Å². The fourth-order valence-corrected chi connectivity index (χ4v) is 4.66. The number of rotatable bonds is 7. The van der Waals surface area contributed by atoms with Crippen molar-refractivity contribution in [3.63, 3.8) is 0 Å². The van der Waals surface area contributed by atoms with Gasteiger partial charge in [0, 0.05) is 46.8 Å². The molecule has 2 radical (unpaired) electrons. The van der Waals surface area contributed by atoms with Crippen LogP contribution in [-0.4, -0.2) is 73.3 Å². The molecule has 2 atom stereocenters. The van der Waals surface area contributed by atoms with E-state index in [4.69, 9.17) is 17.6 Å². The van der Waals surface area contributed by atoms with E-state index in [2.05, 4.69) is 15.1 Å². The van der Waals surface area contributed by atoms with E-state index in [9.17, 15) is 23.8 Å². The summed E-state index contributed by atoms with van der Waals surface area (Å²) in [4.78, 5) is 25.8. The second-order valence-electron chi connectivity index (χ2n) is 8.36. The van der Waals surface area contributed by atoms with Crippen LogP contribution in [0.1, 0.15) is 45.6 Å². The summed E-state index contributed by atoms with van der Waals surface area (Å²) in [7, 11) is 6.93. The molecular weight excluding hydrogens is 473 g/mol. The summed E-state index contributed by atoms with van der Waals surface area (Å²) in [6, 6.07) is 5.24. The van der Waals surface area contributed by atoms with Gasteiger partial charge in [0.1, 0.15) is 18.4 Å². The summed E-state index contributed by atoms with van der Waals surface area (Å²) in [6.45, 7) is -3.12. The first-order chi connectivity index (χ1) is 17.2. The van der Waals surface area contributed by atoms with Crippen molar-refractivity contribution in [2.75, 3.05) is 7.05 Å². The molecule has 5 rings (SSSR count). The lowest BCUT2D eigenvalue weighted by Gasteiger charge is -2.34. The Labute approximate surface area is 204 Å². The summed E-state index contributed by atoms with van der Waals surface area (Å²) in [5.41, 5.74) is 2.84. The molecule has 1 aromatic carbocycles. The highest BCUT2D eigenvalue weighted by Gasteiger charge is 2.44. The Morgan fingerprint density at radius 2 is 2.00 bits per heavy atom. The lowest BCUT2D eigenvalue weighted by Crippen LogP contribution is -2.48. The van der Waals surface area contributed by atoms with Crippen molar-refractivity contribution in [3.05, 3.63) is 71.6 Å². The normalized spacial score (nSPS) is 17.6. The van der Waals surface area contributed by atoms with Crippen molar-refractivity contribution in [1.29, 1.82) is 0 Å². The van der Waals surface area contributed by atoms with Gasteiger partial charge in [-0.05, 0) is 25.6 Å². The number of fused-ring (bicyclic) bond motifs is 3. The fourth-order valence-electron chi connectivity index (χ4n) is 4.66. The average molecular weight is 492 g/mol. The number of aliphatic hydroxyl groups is 2. The first-order valence-electron chi connectivity index (χ1n) is 10.8. The van der Waals surface area contributed by atoms with Gasteiger partial charge in [-0.1, -0.05) is 12.1 Å². The van der Waals surface area contributed by atoms with Crippen molar-refractivity contribution in [3.8, 4) is 17.0 Å². The molecule has 0 aliphatic heterocycles.